The molecule has 2 amide bonds. The number of hydrogen-bond acceptors (Lipinski definition) is 6. The highest BCUT2D eigenvalue weighted by Crippen LogP contribution is 2.27. The molecule has 2 N–H and O–H groups in total. The number of aromatic nitrogens is 2. The summed E-state index contributed by atoms with van der Waals surface area (Å²) in [5.41, 5.74) is 4.47. The summed E-state index contributed by atoms with van der Waals surface area (Å²) in [6.07, 6.45) is 1.38. The maximum Gasteiger partial charge on any atom is 0.296 e. The van der Waals surface area contributed by atoms with Gasteiger partial charge < -0.3 is 9.84 Å². The fourth-order valence-electron chi connectivity index (χ4n) is 2.70. The predicted octanol–water partition coefficient (Wildman–Crippen LogP) is 3.87. The van der Waals surface area contributed by atoms with Gasteiger partial charge in [0.15, 0.2) is 5.13 Å². The first-order valence-corrected chi connectivity index (χ1v) is 8.75. The normalized spacial score (nSPS) is 10.6. The number of carbonyl (C=O) groups is 2. The van der Waals surface area contributed by atoms with Crippen molar-refractivity contribution < 1.29 is 14.1 Å². The second-order valence-corrected chi connectivity index (χ2v) is 6.99. The highest BCUT2D eigenvalue weighted by Gasteiger charge is 2.19. The number of amides is 2. The number of carbonyl (C=O) groups excluding carboxylic acids is 2. The van der Waals surface area contributed by atoms with E-state index in [1.165, 1.54) is 12.3 Å². The van der Waals surface area contributed by atoms with E-state index in [1.807, 2.05) is 32.9 Å². The second-order valence-electron chi connectivity index (χ2n) is 5.99. The zero-order chi connectivity index (χ0) is 18.8. The predicted molar refractivity (Wildman–Crippen MR) is 99.9 cm³/mol. The molecule has 2 heterocycles. The van der Waals surface area contributed by atoms with Gasteiger partial charge in [-0.05, 0) is 38.8 Å². The third-order valence-corrected chi connectivity index (χ3v) is 4.87. The molecule has 3 aromatic rings. The van der Waals surface area contributed by atoms with Crippen LogP contribution in [-0.4, -0.2) is 22.0 Å². The summed E-state index contributed by atoms with van der Waals surface area (Å²) in [7, 11) is 0. The molecule has 134 valence electrons. The van der Waals surface area contributed by atoms with Crippen molar-refractivity contribution >= 4 is 34.0 Å². The molecule has 8 heteroatoms. The number of thiazole rings is 1. The fraction of sp³-hybridized carbons (Fsp3) is 0.222. The quantitative estimate of drug-likeness (QED) is 0.726. The van der Waals surface area contributed by atoms with Crippen LogP contribution in [0.3, 0.4) is 0 Å². The standard InChI is InChI=1S/C18H18N4O3S/c1-9-7-10(2)14(11(3)8-9)21-17(24)15-12(4)20-18(26-15)22-16(23)13-5-6-19-25-13/h5-8H,1-4H3,(H,21,24)(H,20,22,23). The van der Waals surface area contributed by atoms with Gasteiger partial charge in [0.1, 0.15) is 4.88 Å². The smallest absolute Gasteiger partial charge is 0.296 e. The molecular formula is C18H18N4O3S. The summed E-state index contributed by atoms with van der Waals surface area (Å²) in [5, 5.41) is 9.37. The number of aryl methyl sites for hydroxylation is 4. The lowest BCUT2D eigenvalue weighted by Gasteiger charge is -2.12. The molecule has 0 spiro atoms. The Hall–Kier alpha value is -3.00. The highest BCUT2D eigenvalue weighted by molar-refractivity contribution is 7.17. The van der Waals surface area contributed by atoms with Gasteiger partial charge in [0.2, 0.25) is 5.76 Å². The van der Waals surface area contributed by atoms with E-state index < -0.39 is 5.91 Å². The first-order valence-electron chi connectivity index (χ1n) is 7.94. The molecule has 0 radical (unpaired) electrons. The van der Waals surface area contributed by atoms with Crippen LogP contribution >= 0.6 is 11.3 Å². The van der Waals surface area contributed by atoms with Crippen molar-refractivity contribution in [3.05, 3.63) is 57.4 Å². The molecule has 0 fully saturated rings. The molecule has 0 saturated carbocycles. The summed E-state index contributed by atoms with van der Waals surface area (Å²) >= 11 is 1.11. The number of nitrogens with zero attached hydrogens (tertiary/aromatic N) is 2. The lowest BCUT2D eigenvalue weighted by Crippen LogP contribution is -2.13. The topological polar surface area (TPSA) is 97.1 Å². The maximum absolute atomic E-state index is 12.7. The van der Waals surface area contributed by atoms with Crippen LogP contribution in [0.15, 0.2) is 28.9 Å². The van der Waals surface area contributed by atoms with Gasteiger partial charge in [0, 0.05) is 11.8 Å². The third-order valence-electron chi connectivity index (χ3n) is 3.80. The molecule has 0 bridgehead atoms. The molecule has 0 aliphatic rings. The van der Waals surface area contributed by atoms with E-state index in [1.54, 1.807) is 6.92 Å². The van der Waals surface area contributed by atoms with E-state index >= 15 is 0 Å². The van der Waals surface area contributed by atoms with Gasteiger partial charge in [-0.25, -0.2) is 4.98 Å². The van der Waals surface area contributed by atoms with E-state index in [2.05, 4.69) is 20.8 Å². The van der Waals surface area contributed by atoms with Crippen molar-refractivity contribution in [3.8, 4) is 0 Å². The van der Waals surface area contributed by atoms with Crippen molar-refractivity contribution in [2.24, 2.45) is 0 Å². The average Bonchev–Trinajstić information content (AvgIpc) is 3.20. The molecule has 0 unspecified atom stereocenters. The number of benzene rings is 1. The Bertz CT molecular complexity index is 953. The maximum atomic E-state index is 12.7. The lowest BCUT2D eigenvalue weighted by molar-refractivity contribution is 0.0986. The molecule has 0 saturated heterocycles. The summed E-state index contributed by atoms with van der Waals surface area (Å²) < 4.78 is 4.80. The molecule has 7 nitrogen and oxygen atoms in total. The van der Waals surface area contributed by atoms with Crippen molar-refractivity contribution in [1.29, 1.82) is 0 Å². The minimum Gasteiger partial charge on any atom is -0.351 e. The van der Waals surface area contributed by atoms with Crippen molar-refractivity contribution in [1.82, 2.24) is 10.1 Å². The van der Waals surface area contributed by atoms with Crippen LogP contribution in [0.1, 0.15) is 42.6 Å². The average molecular weight is 370 g/mol. The Morgan fingerprint density at radius 1 is 1.04 bits per heavy atom. The Morgan fingerprint density at radius 3 is 2.35 bits per heavy atom. The van der Waals surface area contributed by atoms with Crippen LogP contribution in [0.5, 0.6) is 0 Å². The Morgan fingerprint density at radius 2 is 1.73 bits per heavy atom. The fourth-order valence-corrected chi connectivity index (χ4v) is 3.56. The molecule has 1 aromatic carbocycles. The summed E-state index contributed by atoms with van der Waals surface area (Å²) in [6.45, 7) is 7.66. The van der Waals surface area contributed by atoms with Gasteiger partial charge in [-0.1, -0.05) is 34.2 Å². The minimum atomic E-state index is -0.464. The lowest BCUT2D eigenvalue weighted by atomic mass is 10.1. The van der Waals surface area contributed by atoms with Crippen LogP contribution in [0.25, 0.3) is 0 Å². The van der Waals surface area contributed by atoms with Gasteiger partial charge in [-0.15, -0.1) is 0 Å². The second kappa shape index (κ2) is 7.09. The number of rotatable bonds is 4. The number of hydrogen-bond donors (Lipinski definition) is 2. The first kappa shape index (κ1) is 17.8. The highest BCUT2D eigenvalue weighted by atomic mass is 32.1. The van der Waals surface area contributed by atoms with E-state index in [4.69, 9.17) is 4.52 Å². The molecule has 26 heavy (non-hydrogen) atoms. The zero-order valence-electron chi connectivity index (χ0n) is 14.8. The van der Waals surface area contributed by atoms with E-state index in [-0.39, 0.29) is 11.7 Å². The zero-order valence-corrected chi connectivity index (χ0v) is 15.7. The van der Waals surface area contributed by atoms with Crippen LogP contribution in [0, 0.1) is 27.7 Å². The summed E-state index contributed by atoms with van der Waals surface area (Å²) in [5.74, 6) is -0.640. The van der Waals surface area contributed by atoms with Crippen LogP contribution in [0.2, 0.25) is 0 Å². The van der Waals surface area contributed by atoms with Crippen LogP contribution in [-0.2, 0) is 0 Å². The van der Waals surface area contributed by atoms with Gasteiger partial charge in [-0.2, -0.15) is 0 Å². The molecule has 0 atom stereocenters. The number of nitrogens with one attached hydrogen (secondary N) is 2. The Balaban J connectivity index is 1.79. The molecular weight excluding hydrogens is 352 g/mol. The number of anilines is 2. The first-order chi connectivity index (χ1) is 12.3. The van der Waals surface area contributed by atoms with Gasteiger partial charge in [0.25, 0.3) is 11.8 Å². The van der Waals surface area contributed by atoms with Gasteiger partial charge in [0.05, 0.1) is 11.9 Å². The molecule has 3 rings (SSSR count). The van der Waals surface area contributed by atoms with Gasteiger partial charge in [-0.3, -0.25) is 14.9 Å². The SMILES string of the molecule is Cc1cc(C)c(NC(=O)c2sc(NC(=O)c3ccno3)nc2C)c(C)c1. The summed E-state index contributed by atoms with van der Waals surface area (Å²) in [6, 6.07) is 5.49. The van der Waals surface area contributed by atoms with Gasteiger partial charge >= 0.3 is 0 Å². The summed E-state index contributed by atoms with van der Waals surface area (Å²) in [4.78, 5) is 29.4. The Labute approximate surface area is 154 Å². The van der Waals surface area contributed by atoms with E-state index in [0.29, 0.717) is 15.7 Å². The monoisotopic (exact) mass is 370 g/mol. The molecule has 0 aliphatic heterocycles. The third kappa shape index (κ3) is 3.65. The van der Waals surface area contributed by atoms with E-state index in [0.717, 1.165) is 33.7 Å². The van der Waals surface area contributed by atoms with Crippen LogP contribution in [0.4, 0.5) is 10.8 Å². The Kier molecular flexibility index (Phi) is 4.85. The van der Waals surface area contributed by atoms with Crippen molar-refractivity contribution in [3.63, 3.8) is 0 Å². The molecule has 2 aromatic heterocycles. The van der Waals surface area contributed by atoms with E-state index in [9.17, 15) is 9.59 Å². The van der Waals surface area contributed by atoms with Crippen molar-refractivity contribution in [2.45, 2.75) is 27.7 Å². The largest absolute Gasteiger partial charge is 0.351 e. The molecule has 0 aliphatic carbocycles. The van der Waals surface area contributed by atoms with Crippen LogP contribution < -0.4 is 10.6 Å². The van der Waals surface area contributed by atoms with Crippen molar-refractivity contribution in [2.75, 3.05) is 10.6 Å². The minimum absolute atomic E-state index is 0.0785.